The van der Waals surface area contributed by atoms with Crippen molar-refractivity contribution in [2.45, 2.75) is 6.92 Å². The molecule has 0 atom stereocenters. The Labute approximate surface area is 139 Å². The third-order valence-electron chi connectivity index (χ3n) is 2.91. The number of hydrogen-bond donors (Lipinski definition) is 2. The highest BCUT2D eigenvalue weighted by Gasteiger charge is 2.02. The van der Waals surface area contributed by atoms with Crippen molar-refractivity contribution in [2.75, 3.05) is 11.9 Å². The van der Waals surface area contributed by atoms with Gasteiger partial charge in [-0.15, -0.1) is 0 Å². The van der Waals surface area contributed by atoms with Gasteiger partial charge in [0.2, 0.25) is 0 Å². The first-order valence-electron chi connectivity index (χ1n) is 6.63. The van der Waals surface area contributed by atoms with Crippen molar-refractivity contribution in [1.82, 2.24) is 5.43 Å². The van der Waals surface area contributed by atoms with E-state index in [4.69, 9.17) is 23.2 Å². The fourth-order valence-corrected chi connectivity index (χ4v) is 1.94. The van der Waals surface area contributed by atoms with Gasteiger partial charge in [0.15, 0.2) is 0 Å². The molecule has 0 aliphatic rings. The van der Waals surface area contributed by atoms with Crippen LogP contribution in [0.15, 0.2) is 53.6 Å². The number of hydrazone groups is 1. The molecule has 0 aromatic heterocycles. The maximum absolute atomic E-state index is 11.7. The molecule has 2 rings (SSSR count). The average molecular weight is 336 g/mol. The highest BCUT2D eigenvalue weighted by Crippen LogP contribution is 2.13. The molecular formula is C16H15Cl2N3O. The molecule has 0 radical (unpaired) electrons. The third kappa shape index (κ3) is 5.06. The minimum atomic E-state index is -0.233. The van der Waals surface area contributed by atoms with Crippen molar-refractivity contribution in [1.29, 1.82) is 0 Å². The normalized spacial score (nSPS) is 11.1. The Bertz CT molecular complexity index is 667. The summed E-state index contributed by atoms with van der Waals surface area (Å²) in [5.74, 6) is -0.233. The Morgan fingerprint density at radius 2 is 1.55 bits per heavy atom. The number of carbonyl (C=O) groups is 1. The van der Waals surface area contributed by atoms with E-state index >= 15 is 0 Å². The Morgan fingerprint density at radius 1 is 1.00 bits per heavy atom. The van der Waals surface area contributed by atoms with Crippen LogP contribution in [0.3, 0.4) is 0 Å². The first-order chi connectivity index (χ1) is 10.5. The SMILES string of the molecule is C/C(=N/NC(=O)CNc1ccc(Cl)cc1)c1ccc(Cl)cc1. The second-order valence-corrected chi connectivity index (χ2v) is 5.47. The van der Waals surface area contributed by atoms with Gasteiger partial charge in [0, 0.05) is 15.7 Å². The molecule has 0 heterocycles. The number of benzene rings is 2. The third-order valence-corrected chi connectivity index (χ3v) is 3.41. The van der Waals surface area contributed by atoms with Gasteiger partial charge in [0.25, 0.3) is 5.91 Å². The van der Waals surface area contributed by atoms with Crippen LogP contribution in [0.4, 0.5) is 5.69 Å². The molecule has 22 heavy (non-hydrogen) atoms. The summed E-state index contributed by atoms with van der Waals surface area (Å²) in [4.78, 5) is 11.7. The molecule has 0 saturated heterocycles. The Morgan fingerprint density at radius 3 is 2.14 bits per heavy atom. The van der Waals surface area contributed by atoms with Gasteiger partial charge >= 0.3 is 0 Å². The molecule has 4 nitrogen and oxygen atoms in total. The van der Waals surface area contributed by atoms with E-state index in [0.717, 1.165) is 11.3 Å². The first-order valence-corrected chi connectivity index (χ1v) is 7.39. The topological polar surface area (TPSA) is 53.5 Å². The molecule has 0 aliphatic carbocycles. The van der Waals surface area contributed by atoms with Gasteiger partial charge in [-0.2, -0.15) is 5.10 Å². The van der Waals surface area contributed by atoms with Crippen LogP contribution in [0.25, 0.3) is 0 Å². The van der Waals surface area contributed by atoms with Crippen molar-refractivity contribution in [3.05, 3.63) is 64.1 Å². The van der Waals surface area contributed by atoms with Crippen LogP contribution in [0.1, 0.15) is 12.5 Å². The molecule has 2 N–H and O–H groups in total. The molecule has 2 aromatic rings. The smallest absolute Gasteiger partial charge is 0.259 e. The van der Waals surface area contributed by atoms with Crippen LogP contribution in [0.5, 0.6) is 0 Å². The van der Waals surface area contributed by atoms with Crippen LogP contribution in [-0.4, -0.2) is 18.2 Å². The average Bonchev–Trinajstić information content (AvgIpc) is 2.52. The second kappa shape index (κ2) is 7.82. The minimum absolute atomic E-state index is 0.124. The largest absolute Gasteiger partial charge is 0.376 e. The number of nitrogens with one attached hydrogen (secondary N) is 2. The van der Waals surface area contributed by atoms with Crippen molar-refractivity contribution in [3.63, 3.8) is 0 Å². The maximum Gasteiger partial charge on any atom is 0.259 e. The lowest BCUT2D eigenvalue weighted by Gasteiger charge is -2.06. The van der Waals surface area contributed by atoms with Gasteiger partial charge in [-0.25, -0.2) is 5.43 Å². The van der Waals surface area contributed by atoms with E-state index in [9.17, 15) is 4.79 Å². The van der Waals surface area contributed by atoms with Crippen LogP contribution in [0.2, 0.25) is 10.0 Å². The molecule has 2 aromatic carbocycles. The van der Waals surface area contributed by atoms with Crippen LogP contribution in [-0.2, 0) is 4.79 Å². The lowest BCUT2D eigenvalue weighted by molar-refractivity contribution is -0.119. The zero-order valence-corrected chi connectivity index (χ0v) is 13.4. The predicted molar refractivity (Wildman–Crippen MR) is 91.7 cm³/mol. The molecule has 0 bridgehead atoms. The van der Waals surface area contributed by atoms with Crippen molar-refractivity contribution >= 4 is 40.5 Å². The van der Waals surface area contributed by atoms with Gasteiger partial charge < -0.3 is 5.32 Å². The standard InChI is InChI=1S/C16H15Cl2N3O/c1-11(12-2-4-13(17)5-3-12)20-21-16(22)10-19-15-8-6-14(18)7-9-15/h2-9,19H,10H2,1H3,(H,21,22)/b20-11-. The predicted octanol–water partition coefficient (Wildman–Crippen LogP) is 3.95. The van der Waals surface area contributed by atoms with Crippen LogP contribution in [0, 0.1) is 0 Å². The fourth-order valence-electron chi connectivity index (χ4n) is 1.69. The molecule has 1 amide bonds. The van der Waals surface area contributed by atoms with E-state index in [-0.39, 0.29) is 12.5 Å². The number of halogens is 2. The van der Waals surface area contributed by atoms with E-state index in [1.807, 2.05) is 19.1 Å². The van der Waals surface area contributed by atoms with Crippen molar-refractivity contribution in [2.24, 2.45) is 5.10 Å². The van der Waals surface area contributed by atoms with Gasteiger partial charge in [-0.05, 0) is 48.9 Å². The number of amides is 1. The number of rotatable bonds is 5. The summed E-state index contributed by atoms with van der Waals surface area (Å²) in [6.07, 6.45) is 0. The monoisotopic (exact) mass is 335 g/mol. The summed E-state index contributed by atoms with van der Waals surface area (Å²) < 4.78 is 0. The van der Waals surface area contributed by atoms with Gasteiger partial charge in [0.1, 0.15) is 0 Å². The Hall–Kier alpha value is -2.04. The lowest BCUT2D eigenvalue weighted by atomic mass is 10.1. The van der Waals surface area contributed by atoms with Crippen molar-refractivity contribution in [3.8, 4) is 0 Å². The summed E-state index contributed by atoms with van der Waals surface area (Å²) in [5, 5.41) is 8.36. The molecule has 114 valence electrons. The summed E-state index contributed by atoms with van der Waals surface area (Å²) in [7, 11) is 0. The van der Waals surface area contributed by atoms with E-state index in [1.165, 1.54) is 0 Å². The Kier molecular flexibility index (Phi) is 5.81. The molecule has 0 aliphatic heterocycles. The Balaban J connectivity index is 1.85. The lowest BCUT2D eigenvalue weighted by Crippen LogP contribution is -2.26. The van der Waals surface area contributed by atoms with Crippen LogP contribution < -0.4 is 10.7 Å². The molecule has 0 unspecified atom stereocenters. The summed E-state index contributed by atoms with van der Waals surface area (Å²) in [5.41, 5.74) is 4.93. The maximum atomic E-state index is 11.7. The number of nitrogens with zero attached hydrogens (tertiary/aromatic N) is 1. The van der Waals surface area contributed by atoms with E-state index in [0.29, 0.717) is 15.8 Å². The zero-order chi connectivity index (χ0) is 15.9. The van der Waals surface area contributed by atoms with E-state index < -0.39 is 0 Å². The van der Waals surface area contributed by atoms with Gasteiger partial charge in [0.05, 0.1) is 12.3 Å². The first kappa shape index (κ1) is 16.3. The molecular weight excluding hydrogens is 321 g/mol. The number of hydrogen-bond acceptors (Lipinski definition) is 3. The van der Waals surface area contributed by atoms with Gasteiger partial charge in [-0.3, -0.25) is 4.79 Å². The molecule has 0 fully saturated rings. The summed E-state index contributed by atoms with van der Waals surface area (Å²) in [6.45, 7) is 1.94. The summed E-state index contributed by atoms with van der Waals surface area (Å²) >= 11 is 11.6. The van der Waals surface area contributed by atoms with E-state index in [1.54, 1.807) is 36.4 Å². The second-order valence-electron chi connectivity index (χ2n) is 4.60. The quantitative estimate of drug-likeness (QED) is 0.642. The highest BCUT2D eigenvalue weighted by atomic mass is 35.5. The molecule has 6 heteroatoms. The fraction of sp³-hybridized carbons (Fsp3) is 0.125. The van der Waals surface area contributed by atoms with Crippen molar-refractivity contribution < 1.29 is 4.79 Å². The van der Waals surface area contributed by atoms with Gasteiger partial charge in [-0.1, -0.05) is 35.3 Å². The van der Waals surface area contributed by atoms with Crippen LogP contribution >= 0.6 is 23.2 Å². The number of carbonyl (C=O) groups excluding carboxylic acids is 1. The minimum Gasteiger partial charge on any atom is -0.376 e. The summed E-state index contributed by atoms with van der Waals surface area (Å²) in [6, 6.07) is 14.4. The highest BCUT2D eigenvalue weighted by molar-refractivity contribution is 6.31. The van der Waals surface area contributed by atoms with E-state index in [2.05, 4.69) is 15.8 Å². The molecule has 0 spiro atoms. The molecule has 0 saturated carbocycles. The zero-order valence-electron chi connectivity index (χ0n) is 11.9. The number of anilines is 1.